The minimum Gasteiger partial charge on any atom is -0.381 e. The number of ether oxygens (including phenoxy) is 1. The lowest BCUT2D eigenvalue weighted by Crippen LogP contribution is -2.54. The normalized spacial score (nSPS) is 23.4. The van der Waals surface area contributed by atoms with E-state index in [4.69, 9.17) is 10.5 Å². The molecule has 17 heavy (non-hydrogen) atoms. The highest BCUT2D eigenvalue weighted by molar-refractivity contribution is 5.84. The standard InChI is InChI=1S/C13H24N2O2/c1-13(12(14)16,15-11-5-6-11)7-2-8-17-9-10-3-4-10/h10-11,15H,2-9H2,1H3,(H2,14,16). The van der Waals surface area contributed by atoms with E-state index in [-0.39, 0.29) is 5.91 Å². The van der Waals surface area contributed by atoms with E-state index in [1.54, 1.807) is 0 Å². The Labute approximate surface area is 103 Å². The van der Waals surface area contributed by atoms with Gasteiger partial charge in [0, 0.05) is 19.3 Å². The van der Waals surface area contributed by atoms with Gasteiger partial charge in [-0.1, -0.05) is 0 Å². The molecule has 98 valence electrons. The minimum atomic E-state index is -0.551. The molecule has 2 aliphatic carbocycles. The quantitative estimate of drug-likeness (QED) is 0.595. The highest BCUT2D eigenvalue weighted by Gasteiger charge is 2.36. The zero-order valence-corrected chi connectivity index (χ0v) is 10.7. The molecular formula is C13H24N2O2. The lowest BCUT2D eigenvalue weighted by molar-refractivity contribution is -0.124. The Morgan fingerprint density at radius 3 is 2.65 bits per heavy atom. The van der Waals surface area contributed by atoms with Crippen molar-refractivity contribution in [3.63, 3.8) is 0 Å². The Bertz CT molecular complexity index is 275. The summed E-state index contributed by atoms with van der Waals surface area (Å²) in [6, 6.07) is 0.500. The molecule has 4 nitrogen and oxygen atoms in total. The molecule has 0 radical (unpaired) electrons. The smallest absolute Gasteiger partial charge is 0.237 e. The second-order valence-electron chi connectivity index (χ2n) is 5.74. The summed E-state index contributed by atoms with van der Waals surface area (Å²) in [5, 5.41) is 3.35. The number of hydrogen-bond acceptors (Lipinski definition) is 3. The third-order valence-electron chi connectivity index (χ3n) is 3.66. The second kappa shape index (κ2) is 5.36. The maximum Gasteiger partial charge on any atom is 0.237 e. The zero-order valence-electron chi connectivity index (χ0n) is 10.7. The van der Waals surface area contributed by atoms with Gasteiger partial charge in [0.25, 0.3) is 0 Å². The Balaban J connectivity index is 1.62. The third kappa shape index (κ3) is 4.28. The van der Waals surface area contributed by atoms with Crippen LogP contribution < -0.4 is 11.1 Å². The molecule has 4 heteroatoms. The molecule has 2 saturated carbocycles. The summed E-state index contributed by atoms with van der Waals surface area (Å²) in [6.07, 6.45) is 6.64. The molecular weight excluding hydrogens is 216 g/mol. The molecule has 2 fully saturated rings. The Hall–Kier alpha value is -0.610. The van der Waals surface area contributed by atoms with Crippen LogP contribution in [0.3, 0.4) is 0 Å². The SMILES string of the molecule is CC(CCCOCC1CC1)(NC1CC1)C(N)=O. The number of nitrogens with one attached hydrogen (secondary N) is 1. The molecule has 0 aliphatic heterocycles. The van der Waals surface area contributed by atoms with E-state index in [0.717, 1.165) is 32.0 Å². The van der Waals surface area contributed by atoms with Crippen LogP contribution in [0.25, 0.3) is 0 Å². The van der Waals surface area contributed by atoms with Crippen LogP contribution in [0.15, 0.2) is 0 Å². The van der Waals surface area contributed by atoms with Crippen molar-refractivity contribution in [2.45, 2.75) is 57.0 Å². The Kier molecular flexibility index (Phi) is 4.05. The van der Waals surface area contributed by atoms with Gasteiger partial charge in [-0.05, 0) is 51.4 Å². The molecule has 0 saturated heterocycles. The van der Waals surface area contributed by atoms with Crippen LogP contribution in [-0.4, -0.2) is 30.7 Å². The van der Waals surface area contributed by atoms with Gasteiger partial charge >= 0.3 is 0 Å². The van der Waals surface area contributed by atoms with Crippen LogP contribution in [0.2, 0.25) is 0 Å². The lowest BCUT2D eigenvalue weighted by atomic mass is 9.95. The van der Waals surface area contributed by atoms with Crippen LogP contribution in [0, 0.1) is 5.92 Å². The van der Waals surface area contributed by atoms with E-state index in [2.05, 4.69) is 5.32 Å². The van der Waals surface area contributed by atoms with Crippen molar-refractivity contribution in [1.82, 2.24) is 5.32 Å². The molecule has 0 aromatic carbocycles. The summed E-state index contributed by atoms with van der Waals surface area (Å²) in [7, 11) is 0. The first-order valence-corrected chi connectivity index (χ1v) is 6.75. The maximum atomic E-state index is 11.5. The maximum absolute atomic E-state index is 11.5. The Morgan fingerprint density at radius 2 is 2.12 bits per heavy atom. The summed E-state index contributed by atoms with van der Waals surface area (Å²) < 4.78 is 5.57. The van der Waals surface area contributed by atoms with E-state index >= 15 is 0 Å². The first kappa shape index (κ1) is 12.8. The van der Waals surface area contributed by atoms with Gasteiger partial charge in [-0.3, -0.25) is 4.79 Å². The van der Waals surface area contributed by atoms with Crippen molar-refractivity contribution in [2.24, 2.45) is 11.7 Å². The largest absolute Gasteiger partial charge is 0.381 e. The summed E-state index contributed by atoms with van der Waals surface area (Å²) in [4.78, 5) is 11.5. The molecule has 0 heterocycles. The summed E-state index contributed by atoms with van der Waals surface area (Å²) in [6.45, 7) is 3.55. The molecule has 0 spiro atoms. The van der Waals surface area contributed by atoms with Crippen LogP contribution in [0.5, 0.6) is 0 Å². The van der Waals surface area contributed by atoms with Gasteiger partial charge in [0.05, 0.1) is 5.54 Å². The van der Waals surface area contributed by atoms with Crippen molar-refractivity contribution >= 4 is 5.91 Å². The molecule has 2 rings (SSSR count). The predicted octanol–water partition coefficient (Wildman–Crippen LogP) is 1.19. The third-order valence-corrected chi connectivity index (χ3v) is 3.66. The minimum absolute atomic E-state index is 0.244. The topological polar surface area (TPSA) is 64.3 Å². The number of nitrogens with two attached hydrogens (primary N) is 1. The molecule has 1 atom stereocenters. The fourth-order valence-corrected chi connectivity index (χ4v) is 2.01. The number of rotatable bonds is 9. The summed E-state index contributed by atoms with van der Waals surface area (Å²) in [5.41, 5.74) is 4.93. The fourth-order valence-electron chi connectivity index (χ4n) is 2.01. The highest BCUT2D eigenvalue weighted by Crippen LogP contribution is 2.29. The predicted molar refractivity (Wildman–Crippen MR) is 66.5 cm³/mol. The van der Waals surface area contributed by atoms with Gasteiger partial charge in [-0.15, -0.1) is 0 Å². The number of carbonyl (C=O) groups is 1. The van der Waals surface area contributed by atoms with Crippen LogP contribution >= 0.6 is 0 Å². The first-order valence-electron chi connectivity index (χ1n) is 6.75. The zero-order chi connectivity index (χ0) is 12.3. The van der Waals surface area contributed by atoms with Gasteiger partial charge in [0.2, 0.25) is 5.91 Å². The van der Waals surface area contributed by atoms with E-state index in [1.807, 2.05) is 6.92 Å². The van der Waals surface area contributed by atoms with Crippen molar-refractivity contribution < 1.29 is 9.53 Å². The number of amides is 1. The molecule has 0 bridgehead atoms. The lowest BCUT2D eigenvalue weighted by Gasteiger charge is -2.27. The van der Waals surface area contributed by atoms with Crippen molar-refractivity contribution in [3.05, 3.63) is 0 Å². The number of primary amides is 1. The van der Waals surface area contributed by atoms with Gasteiger partial charge < -0.3 is 15.8 Å². The highest BCUT2D eigenvalue weighted by atomic mass is 16.5. The van der Waals surface area contributed by atoms with E-state index in [1.165, 1.54) is 25.7 Å². The monoisotopic (exact) mass is 240 g/mol. The molecule has 2 aliphatic rings. The van der Waals surface area contributed by atoms with Crippen LogP contribution in [0.4, 0.5) is 0 Å². The summed E-state index contributed by atoms with van der Waals surface area (Å²) in [5.74, 6) is 0.564. The van der Waals surface area contributed by atoms with Crippen molar-refractivity contribution in [1.29, 1.82) is 0 Å². The van der Waals surface area contributed by atoms with Gasteiger partial charge in [0.15, 0.2) is 0 Å². The average Bonchev–Trinajstić information content (AvgIpc) is 3.11. The number of carbonyl (C=O) groups excluding carboxylic acids is 1. The molecule has 3 N–H and O–H groups in total. The summed E-state index contributed by atoms with van der Waals surface area (Å²) >= 11 is 0. The fraction of sp³-hybridized carbons (Fsp3) is 0.923. The van der Waals surface area contributed by atoms with Crippen molar-refractivity contribution in [2.75, 3.05) is 13.2 Å². The first-order chi connectivity index (χ1) is 8.10. The average molecular weight is 240 g/mol. The molecule has 0 aromatic heterocycles. The van der Waals surface area contributed by atoms with Crippen molar-refractivity contribution in [3.8, 4) is 0 Å². The Morgan fingerprint density at radius 1 is 1.41 bits per heavy atom. The van der Waals surface area contributed by atoms with Gasteiger partial charge in [0.1, 0.15) is 0 Å². The van der Waals surface area contributed by atoms with Gasteiger partial charge in [-0.25, -0.2) is 0 Å². The van der Waals surface area contributed by atoms with Gasteiger partial charge in [-0.2, -0.15) is 0 Å². The van der Waals surface area contributed by atoms with E-state index < -0.39 is 5.54 Å². The molecule has 1 amide bonds. The second-order valence-corrected chi connectivity index (χ2v) is 5.74. The molecule has 1 unspecified atom stereocenters. The van der Waals surface area contributed by atoms with Crippen LogP contribution in [-0.2, 0) is 9.53 Å². The van der Waals surface area contributed by atoms with Crippen LogP contribution in [0.1, 0.15) is 45.4 Å². The molecule has 0 aromatic rings. The number of hydrogen-bond donors (Lipinski definition) is 2. The van der Waals surface area contributed by atoms with E-state index in [9.17, 15) is 4.79 Å². The van der Waals surface area contributed by atoms with E-state index in [0.29, 0.717) is 6.04 Å².